The Balaban J connectivity index is 0.00000288. The fourth-order valence-corrected chi connectivity index (χ4v) is 2.77. The maximum atomic E-state index is 8.84. The van der Waals surface area contributed by atoms with Gasteiger partial charge in [-0.15, -0.1) is 0 Å². The number of rotatable bonds is 9. The van der Waals surface area contributed by atoms with Crippen molar-refractivity contribution < 1.29 is 27.0 Å². The number of nitrogens with one attached hydrogen (secondary N) is 1. The standard InChI is InChI=1S/C18H22BrNO3.ClH/c1-2-22-17-11-15(12-20-8-9-21)10-16(19)18(17)23-13-14-6-4-3-5-7-14;/h3-7,10-11,20-21H,2,8-9,12-13H2,1H3;1H/p-1. The molecule has 0 saturated carbocycles. The van der Waals surface area contributed by atoms with Gasteiger partial charge in [0.2, 0.25) is 0 Å². The molecule has 0 saturated heterocycles. The molecule has 2 N–H and O–H groups in total. The normalized spacial score (nSPS) is 10.1. The molecule has 2 aromatic carbocycles. The highest BCUT2D eigenvalue weighted by Crippen LogP contribution is 2.37. The highest BCUT2D eigenvalue weighted by atomic mass is 79.9. The lowest BCUT2D eigenvalue weighted by Gasteiger charge is -2.16. The predicted octanol–water partition coefficient (Wildman–Crippen LogP) is 0.513. The van der Waals surface area contributed by atoms with Crippen molar-refractivity contribution in [3.05, 3.63) is 58.1 Å². The van der Waals surface area contributed by atoms with Gasteiger partial charge in [-0.1, -0.05) is 30.3 Å². The molecule has 0 bridgehead atoms. The predicted molar refractivity (Wildman–Crippen MR) is 94.9 cm³/mol. The van der Waals surface area contributed by atoms with Crippen LogP contribution >= 0.6 is 15.9 Å². The zero-order valence-corrected chi connectivity index (χ0v) is 15.9. The molecule has 2 aromatic rings. The highest BCUT2D eigenvalue weighted by Gasteiger charge is 2.12. The van der Waals surface area contributed by atoms with E-state index in [-0.39, 0.29) is 19.0 Å². The van der Waals surface area contributed by atoms with Crippen LogP contribution in [0.1, 0.15) is 18.1 Å². The van der Waals surface area contributed by atoms with Gasteiger partial charge >= 0.3 is 0 Å². The van der Waals surface area contributed by atoms with Crippen molar-refractivity contribution in [2.75, 3.05) is 19.8 Å². The minimum absolute atomic E-state index is 0. The Hall–Kier alpha value is -1.27. The Bertz CT molecular complexity index is 611. The Labute approximate surface area is 157 Å². The second-order valence-corrected chi connectivity index (χ2v) is 5.87. The first-order valence-electron chi connectivity index (χ1n) is 7.68. The third-order valence-electron chi connectivity index (χ3n) is 3.21. The Morgan fingerprint density at radius 3 is 2.50 bits per heavy atom. The van der Waals surface area contributed by atoms with E-state index < -0.39 is 0 Å². The lowest BCUT2D eigenvalue weighted by molar-refractivity contribution is -0.00000644. The molecule has 0 radical (unpaired) electrons. The van der Waals surface area contributed by atoms with E-state index in [1.54, 1.807) is 0 Å². The first kappa shape index (κ1) is 20.8. The molecule has 0 aliphatic heterocycles. The van der Waals surface area contributed by atoms with E-state index in [4.69, 9.17) is 14.6 Å². The van der Waals surface area contributed by atoms with Crippen LogP contribution in [0.4, 0.5) is 0 Å². The first-order valence-corrected chi connectivity index (χ1v) is 8.47. The van der Waals surface area contributed by atoms with Gasteiger partial charge in [0.15, 0.2) is 11.5 Å². The van der Waals surface area contributed by atoms with Crippen molar-refractivity contribution in [2.45, 2.75) is 20.1 Å². The Kier molecular flexibility index (Phi) is 9.79. The van der Waals surface area contributed by atoms with E-state index in [1.165, 1.54) is 0 Å². The molecule has 4 nitrogen and oxygen atoms in total. The van der Waals surface area contributed by atoms with Crippen molar-refractivity contribution >= 4 is 15.9 Å². The molecule has 2 rings (SSSR count). The van der Waals surface area contributed by atoms with Crippen LogP contribution in [0.25, 0.3) is 0 Å². The van der Waals surface area contributed by atoms with E-state index in [2.05, 4.69) is 21.2 Å². The van der Waals surface area contributed by atoms with Crippen LogP contribution in [-0.2, 0) is 13.2 Å². The van der Waals surface area contributed by atoms with Crippen molar-refractivity contribution in [3.8, 4) is 11.5 Å². The fourth-order valence-electron chi connectivity index (χ4n) is 2.17. The molecule has 0 aromatic heterocycles. The summed E-state index contributed by atoms with van der Waals surface area (Å²) in [6, 6.07) is 14.0. The van der Waals surface area contributed by atoms with Gasteiger partial charge in [-0.05, 0) is 46.1 Å². The average molecular weight is 416 g/mol. The van der Waals surface area contributed by atoms with Crippen molar-refractivity contribution in [3.63, 3.8) is 0 Å². The van der Waals surface area contributed by atoms with Gasteiger partial charge < -0.3 is 32.3 Å². The van der Waals surface area contributed by atoms with Crippen LogP contribution < -0.4 is 27.2 Å². The number of aliphatic hydroxyl groups is 1. The third-order valence-corrected chi connectivity index (χ3v) is 3.80. The van der Waals surface area contributed by atoms with Gasteiger partial charge in [-0.25, -0.2) is 0 Å². The molecule has 0 aliphatic carbocycles. The van der Waals surface area contributed by atoms with Crippen molar-refractivity contribution in [1.82, 2.24) is 5.32 Å². The lowest BCUT2D eigenvalue weighted by Crippen LogP contribution is -3.00. The Morgan fingerprint density at radius 2 is 1.83 bits per heavy atom. The summed E-state index contributed by atoms with van der Waals surface area (Å²) in [6.45, 7) is 4.36. The minimum Gasteiger partial charge on any atom is -1.00 e. The van der Waals surface area contributed by atoms with Crippen molar-refractivity contribution in [2.24, 2.45) is 0 Å². The van der Waals surface area contributed by atoms with E-state index >= 15 is 0 Å². The number of halogens is 2. The minimum atomic E-state index is 0. The average Bonchev–Trinajstić information content (AvgIpc) is 2.55. The van der Waals surface area contributed by atoms with Gasteiger partial charge in [0.25, 0.3) is 0 Å². The van der Waals surface area contributed by atoms with Gasteiger partial charge in [0.05, 0.1) is 17.7 Å². The first-order chi connectivity index (χ1) is 11.2. The molecule has 0 atom stereocenters. The van der Waals surface area contributed by atoms with E-state index in [0.29, 0.717) is 32.1 Å². The smallest absolute Gasteiger partial charge is 0.175 e. The molecular formula is C18H22BrClNO3-. The maximum Gasteiger partial charge on any atom is 0.175 e. The number of hydrogen-bond donors (Lipinski definition) is 2. The summed E-state index contributed by atoms with van der Waals surface area (Å²) in [5, 5.41) is 12.0. The van der Waals surface area contributed by atoms with Gasteiger partial charge in [-0.2, -0.15) is 0 Å². The molecule has 0 unspecified atom stereocenters. The number of ether oxygens (including phenoxy) is 2. The van der Waals surface area contributed by atoms with Crippen LogP contribution in [0, 0.1) is 0 Å². The zero-order chi connectivity index (χ0) is 16.5. The lowest BCUT2D eigenvalue weighted by atomic mass is 10.2. The molecule has 0 aliphatic rings. The molecule has 0 heterocycles. The summed E-state index contributed by atoms with van der Waals surface area (Å²) >= 11 is 3.57. The van der Waals surface area contributed by atoms with E-state index in [9.17, 15) is 0 Å². The van der Waals surface area contributed by atoms with Crippen LogP contribution in [-0.4, -0.2) is 24.9 Å². The topological polar surface area (TPSA) is 50.7 Å². The van der Waals surface area contributed by atoms with Crippen molar-refractivity contribution in [1.29, 1.82) is 0 Å². The molecule has 24 heavy (non-hydrogen) atoms. The highest BCUT2D eigenvalue weighted by molar-refractivity contribution is 9.10. The zero-order valence-electron chi connectivity index (χ0n) is 13.6. The van der Waals surface area contributed by atoms with Crippen LogP contribution in [0.3, 0.4) is 0 Å². The number of hydrogen-bond acceptors (Lipinski definition) is 4. The summed E-state index contributed by atoms with van der Waals surface area (Å²) in [4.78, 5) is 0. The van der Waals surface area contributed by atoms with Gasteiger partial charge in [-0.3, -0.25) is 0 Å². The van der Waals surface area contributed by atoms with Crippen LogP contribution in [0.5, 0.6) is 11.5 Å². The van der Waals surface area contributed by atoms with Crippen LogP contribution in [0.2, 0.25) is 0 Å². The van der Waals surface area contributed by atoms with E-state index in [0.717, 1.165) is 21.3 Å². The van der Waals surface area contributed by atoms with Gasteiger partial charge in [0, 0.05) is 13.1 Å². The summed E-state index contributed by atoms with van der Waals surface area (Å²) in [5.74, 6) is 1.43. The quantitative estimate of drug-likeness (QED) is 0.586. The fraction of sp³-hybridized carbons (Fsp3) is 0.333. The molecule has 0 amide bonds. The molecular weight excluding hydrogens is 394 g/mol. The summed E-state index contributed by atoms with van der Waals surface area (Å²) < 4.78 is 12.5. The summed E-state index contributed by atoms with van der Waals surface area (Å²) in [6.07, 6.45) is 0. The monoisotopic (exact) mass is 414 g/mol. The number of benzene rings is 2. The molecule has 0 fully saturated rings. The second-order valence-electron chi connectivity index (χ2n) is 5.01. The molecule has 132 valence electrons. The van der Waals surface area contributed by atoms with E-state index in [1.807, 2.05) is 49.4 Å². The molecule has 6 heteroatoms. The number of aliphatic hydroxyl groups excluding tert-OH is 1. The maximum absolute atomic E-state index is 8.84. The largest absolute Gasteiger partial charge is 1.00 e. The third kappa shape index (κ3) is 6.32. The summed E-state index contributed by atoms with van der Waals surface area (Å²) in [5.41, 5.74) is 2.18. The van der Waals surface area contributed by atoms with Gasteiger partial charge in [0.1, 0.15) is 6.61 Å². The SMILES string of the molecule is CCOc1cc(CNCCO)cc(Br)c1OCc1ccccc1.[Cl-]. The second kappa shape index (κ2) is 11.3. The summed E-state index contributed by atoms with van der Waals surface area (Å²) in [7, 11) is 0. The Morgan fingerprint density at radius 1 is 1.08 bits per heavy atom. The molecule has 0 spiro atoms. The van der Waals surface area contributed by atoms with Crippen LogP contribution in [0.15, 0.2) is 46.9 Å².